The Morgan fingerprint density at radius 3 is 2.61 bits per heavy atom. The number of amides is 1. The molecule has 0 aliphatic carbocycles. The summed E-state index contributed by atoms with van der Waals surface area (Å²) in [6.45, 7) is -1.05. The number of esters is 1. The van der Waals surface area contributed by atoms with Crippen LogP contribution < -0.4 is 5.32 Å². The van der Waals surface area contributed by atoms with Crippen molar-refractivity contribution < 1.29 is 32.2 Å². The summed E-state index contributed by atoms with van der Waals surface area (Å²) in [6, 6.07) is 9.04. The molecule has 1 aromatic heterocycles. The van der Waals surface area contributed by atoms with E-state index in [0.717, 1.165) is 16.3 Å². The van der Waals surface area contributed by atoms with Crippen LogP contribution in [0.1, 0.15) is 5.01 Å². The number of carbonyl (C=O) groups excluding carboxylic acids is 2. The van der Waals surface area contributed by atoms with Crippen LogP contribution in [0.3, 0.4) is 0 Å². The summed E-state index contributed by atoms with van der Waals surface area (Å²) in [6.07, 6.45) is 0. The van der Waals surface area contributed by atoms with Crippen LogP contribution >= 0.6 is 11.3 Å². The molecule has 1 N–H and O–H groups in total. The highest BCUT2D eigenvalue weighted by atomic mass is 32.1. The Kier molecular flexibility index (Phi) is 6.22. The number of thiazole rings is 1. The first kappa shape index (κ1) is 19.8. The minimum absolute atomic E-state index is 0.0979. The maximum atomic E-state index is 13.5. The Bertz CT molecular complexity index is 992. The van der Waals surface area contributed by atoms with E-state index in [4.69, 9.17) is 4.74 Å². The molecule has 1 heterocycles. The van der Waals surface area contributed by atoms with E-state index in [2.05, 4.69) is 9.72 Å². The van der Waals surface area contributed by atoms with E-state index in [9.17, 15) is 22.8 Å². The number of halogens is 3. The Morgan fingerprint density at radius 1 is 1.04 bits per heavy atom. The largest absolute Gasteiger partial charge is 0.454 e. The quantitative estimate of drug-likeness (QED) is 0.477. The van der Waals surface area contributed by atoms with Crippen LogP contribution in [0.5, 0.6) is 0 Å². The average Bonchev–Trinajstić information content (AvgIpc) is 3.09. The predicted molar refractivity (Wildman–Crippen MR) is 95.2 cm³/mol. The first-order valence-corrected chi connectivity index (χ1v) is 8.77. The first-order valence-electron chi connectivity index (χ1n) is 7.95. The van der Waals surface area contributed by atoms with Crippen LogP contribution in [0.2, 0.25) is 0 Å². The molecule has 28 heavy (non-hydrogen) atoms. The second kappa shape index (κ2) is 8.81. The van der Waals surface area contributed by atoms with Crippen LogP contribution in [0.25, 0.3) is 10.2 Å². The molecule has 0 unspecified atom stereocenters. The highest BCUT2D eigenvalue weighted by Gasteiger charge is 2.16. The molecular weight excluding hydrogens is 397 g/mol. The zero-order chi connectivity index (χ0) is 20.1. The maximum Gasteiger partial charge on any atom is 0.332 e. The lowest BCUT2D eigenvalue weighted by molar-refractivity contribution is -0.152. The number of nitrogens with one attached hydrogen (secondary N) is 1. The van der Waals surface area contributed by atoms with Gasteiger partial charge >= 0.3 is 5.97 Å². The van der Waals surface area contributed by atoms with Gasteiger partial charge in [-0.25, -0.2) is 22.9 Å². The monoisotopic (exact) mass is 410 g/mol. The molecule has 10 heteroatoms. The minimum atomic E-state index is -1.71. The van der Waals surface area contributed by atoms with Gasteiger partial charge in [-0.3, -0.25) is 4.79 Å². The second-order valence-electron chi connectivity index (χ2n) is 5.50. The summed E-state index contributed by atoms with van der Waals surface area (Å²) >= 11 is 1.43. The molecule has 6 nitrogen and oxygen atoms in total. The number of benzene rings is 2. The third kappa shape index (κ3) is 4.84. The molecule has 0 aliphatic rings. The van der Waals surface area contributed by atoms with Gasteiger partial charge in [0.25, 0.3) is 5.91 Å². The summed E-state index contributed by atoms with van der Waals surface area (Å²) in [5, 5.41) is 2.66. The SMILES string of the molecule is O=C(COC(=O)COCc1nc2ccccc2s1)Nc1ccc(F)c(F)c1F. The molecular formula is C18H13F3N2O4S. The number of carbonyl (C=O) groups is 2. The fourth-order valence-electron chi connectivity index (χ4n) is 2.20. The number of fused-ring (bicyclic) bond motifs is 1. The van der Waals surface area contributed by atoms with Crippen molar-refractivity contribution in [1.82, 2.24) is 4.98 Å². The van der Waals surface area contributed by atoms with Crippen molar-refractivity contribution in [1.29, 1.82) is 0 Å². The minimum Gasteiger partial charge on any atom is -0.454 e. The van der Waals surface area contributed by atoms with Crippen LogP contribution in [-0.2, 0) is 25.7 Å². The van der Waals surface area contributed by atoms with Crippen LogP contribution in [-0.4, -0.2) is 30.1 Å². The molecule has 0 radical (unpaired) electrons. The molecule has 3 aromatic rings. The summed E-state index contributed by atoms with van der Waals surface area (Å²) in [7, 11) is 0. The lowest BCUT2D eigenvalue weighted by Gasteiger charge is -2.08. The van der Waals surface area contributed by atoms with Crippen molar-refractivity contribution in [2.75, 3.05) is 18.5 Å². The van der Waals surface area contributed by atoms with E-state index < -0.39 is 48.2 Å². The molecule has 0 saturated carbocycles. The van der Waals surface area contributed by atoms with E-state index in [1.165, 1.54) is 11.3 Å². The third-order valence-corrected chi connectivity index (χ3v) is 4.47. The van der Waals surface area contributed by atoms with E-state index in [-0.39, 0.29) is 6.61 Å². The molecule has 0 aliphatic heterocycles. The fourth-order valence-corrected chi connectivity index (χ4v) is 3.10. The number of hydrogen-bond acceptors (Lipinski definition) is 6. The average molecular weight is 410 g/mol. The van der Waals surface area contributed by atoms with Crippen molar-refractivity contribution in [2.24, 2.45) is 0 Å². The van der Waals surface area contributed by atoms with Crippen molar-refractivity contribution in [3.05, 3.63) is 58.9 Å². The lowest BCUT2D eigenvalue weighted by Crippen LogP contribution is -2.23. The topological polar surface area (TPSA) is 77.5 Å². The molecule has 0 spiro atoms. The molecule has 1 amide bonds. The van der Waals surface area contributed by atoms with Gasteiger partial charge in [0.05, 0.1) is 22.5 Å². The number of hydrogen-bond donors (Lipinski definition) is 1. The number of para-hydroxylation sites is 1. The second-order valence-corrected chi connectivity index (χ2v) is 6.62. The van der Waals surface area contributed by atoms with E-state index in [1.807, 2.05) is 29.6 Å². The fraction of sp³-hybridized carbons (Fsp3) is 0.167. The summed E-state index contributed by atoms with van der Waals surface area (Å²) in [5.41, 5.74) is 0.266. The summed E-state index contributed by atoms with van der Waals surface area (Å²) < 4.78 is 50.3. The normalized spacial score (nSPS) is 10.8. The zero-order valence-corrected chi connectivity index (χ0v) is 15.0. The Balaban J connectivity index is 1.41. The highest BCUT2D eigenvalue weighted by Crippen LogP contribution is 2.22. The van der Waals surface area contributed by atoms with Gasteiger partial charge in [0.2, 0.25) is 0 Å². The van der Waals surface area contributed by atoms with Crippen molar-refractivity contribution in [3.8, 4) is 0 Å². The number of aromatic nitrogens is 1. The van der Waals surface area contributed by atoms with Gasteiger partial charge in [-0.05, 0) is 24.3 Å². The van der Waals surface area contributed by atoms with Crippen molar-refractivity contribution >= 4 is 39.1 Å². The van der Waals surface area contributed by atoms with Gasteiger partial charge < -0.3 is 14.8 Å². The Hall–Kier alpha value is -2.98. The third-order valence-electron chi connectivity index (χ3n) is 3.46. The molecule has 0 fully saturated rings. The molecule has 0 saturated heterocycles. The van der Waals surface area contributed by atoms with Crippen molar-refractivity contribution in [3.63, 3.8) is 0 Å². The smallest absolute Gasteiger partial charge is 0.332 e. The van der Waals surface area contributed by atoms with Crippen LogP contribution in [0.15, 0.2) is 36.4 Å². The number of ether oxygens (including phenoxy) is 2. The van der Waals surface area contributed by atoms with Gasteiger partial charge in [0, 0.05) is 0 Å². The molecule has 146 valence electrons. The molecule has 0 atom stereocenters. The van der Waals surface area contributed by atoms with Gasteiger partial charge in [-0.2, -0.15) is 0 Å². The lowest BCUT2D eigenvalue weighted by atomic mass is 10.3. The van der Waals surface area contributed by atoms with Gasteiger partial charge in [0.1, 0.15) is 11.6 Å². The van der Waals surface area contributed by atoms with Crippen LogP contribution in [0.4, 0.5) is 18.9 Å². The first-order chi connectivity index (χ1) is 13.4. The van der Waals surface area contributed by atoms with Gasteiger partial charge in [-0.1, -0.05) is 12.1 Å². The summed E-state index contributed by atoms with van der Waals surface area (Å²) in [4.78, 5) is 27.6. The standard InChI is InChI=1S/C18H13F3N2O4S/c19-10-5-6-12(18(21)17(10)20)22-14(24)7-27-16(25)9-26-8-15-23-11-3-1-2-4-13(11)28-15/h1-6H,7-9H2,(H,22,24). The number of nitrogens with zero attached hydrogens (tertiary/aromatic N) is 1. The van der Waals surface area contributed by atoms with Gasteiger partial charge in [0.15, 0.2) is 24.1 Å². The van der Waals surface area contributed by atoms with E-state index in [0.29, 0.717) is 11.1 Å². The molecule has 0 bridgehead atoms. The van der Waals surface area contributed by atoms with Crippen molar-refractivity contribution in [2.45, 2.75) is 6.61 Å². The molecule has 2 aromatic carbocycles. The predicted octanol–water partition coefficient (Wildman–Crippen LogP) is 3.41. The van der Waals surface area contributed by atoms with E-state index >= 15 is 0 Å². The van der Waals surface area contributed by atoms with E-state index in [1.54, 1.807) is 0 Å². The number of anilines is 1. The highest BCUT2D eigenvalue weighted by molar-refractivity contribution is 7.18. The maximum absolute atomic E-state index is 13.5. The number of rotatable bonds is 7. The zero-order valence-electron chi connectivity index (χ0n) is 14.2. The van der Waals surface area contributed by atoms with Crippen LogP contribution in [0, 0.1) is 17.5 Å². The Labute approximate surface area is 160 Å². The molecule has 3 rings (SSSR count). The summed E-state index contributed by atoms with van der Waals surface area (Å²) in [5.74, 6) is -6.37. The Morgan fingerprint density at radius 2 is 1.82 bits per heavy atom. The van der Waals surface area contributed by atoms with Gasteiger partial charge in [-0.15, -0.1) is 11.3 Å².